The van der Waals surface area contributed by atoms with E-state index in [1.54, 1.807) is 25.4 Å². The number of pyridine rings is 1. The maximum Gasteiger partial charge on any atom is 0.274 e. The fraction of sp³-hybridized carbons (Fsp3) is 0.250. The molecule has 0 aliphatic rings. The first-order valence-corrected chi connectivity index (χ1v) is 6.95. The number of aromatic nitrogens is 1. The van der Waals surface area contributed by atoms with E-state index >= 15 is 0 Å². The zero-order valence-corrected chi connectivity index (χ0v) is 12.3. The second kappa shape index (κ2) is 8.09. The van der Waals surface area contributed by atoms with Crippen LogP contribution in [0.3, 0.4) is 0 Å². The molecular weight excluding hydrogens is 285 g/mol. The summed E-state index contributed by atoms with van der Waals surface area (Å²) >= 11 is 0. The lowest BCUT2D eigenvalue weighted by Gasteiger charge is -2.08. The minimum absolute atomic E-state index is 0.293. The number of rotatable bonds is 7. The minimum Gasteiger partial charge on any atom is -0.385 e. The van der Waals surface area contributed by atoms with Crippen molar-refractivity contribution in [2.75, 3.05) is 30.9 Å². The van der Waals surface area contributed by atoms with Gasteiger partial charge < -0.3 is 15.4 Å². The molecule has 0 radical (unpaired) electrons. The fourth-order valence-electron chi connectivity index (χ4n) is 1.84. The second-order valence-corrected chi connectivity index (χ2v) is 4.66. The Morgan fingerprint density at radius 3 is 2.73 bits per heavy atom. The molecule has 1 aromatic heterocycles. The molecule has 2 N–H and O–H groups in total. The largest absolute Gasteiger partial charge is 0.385 e. The molecule has 0 atom stereocenters. The van der Waals surface area contributed by atoms with Crippen molar-refractivity contribution in [3.63, 3.8) is 0 Å². The van der Waals surface area contributed by atoms with Gasteiger partial charge in [0.15, 0.2) is 0 Å². The highest BCUT2D eigenvalue weighted by molar-refractivity contribution is 6.03. The van der Waals surface area contributed by atoms with Crippen LogP contribution in [0.25, 0.3) is 0 Å². The standard InChI is InChI=1S/C16H18FN3O2/c1-22-10-2-8-18-14-7-9-19-15(11-14)16(21)20-13-5-3-12(17)4-6-13/h3-7,9,11H,2,8,10H2,1H3,(H,18,19)(H,20,21). The molecule has 6 heteroatoms. The van der Waals surface area contributed by atoms with Gasteiger partial charge in [-0.15, -0.1) is 0 Å². The fourth-order valence-corrected chi connectivity index (χ4v) is 1.84. The highest BCUT2D eigenvalue weighted by Crippen LogP contribution is 2.12. The summed E-state index contributed by atoms with van der Waals surface area (Å²) in [4.78, 5) is 16.2. The second-order valence-electron chi connectivity index (χ2n) is 4.66. The third kappa shape index (κ3) is 4.82. The van der Waals surface area contributed by atoms with E-state index in [-0.39, 0.29) is 11.7 Å². The van der Waals surface area contributed by atoms with E-state index < -0.39 is 0 Å². The number of carbonyl (C=O) groups excluding carboxylic acids is 1. The number of hydrogen-bond donors (Lipinski definition) is 2. The third-order valence-electron chi connectivity index (χ3n) is 2.95. The Hall–Kier alpha value is -2.47. The van der Waals surface area contributed by atoms with Gasteiger partial charge in [0.25, 0.3) is 5.91 Å². The average molecular weight is 303 g/mol. The van der Waals surface area contributed by atoms with Crippen molar-refractivity contribution >= 4 is 17.3 Å². The van der Waals surface area contributed by atoms with Crippen molar-refractivity contribution in [2.24, 2.45) is 0 Å². The predicted molar refractivity (Wildman–Crippen MR) is 83.6 cm³/mol. The number of ether oxygens (including phenoxy) is 1. The number of nitrogens with one attached hydrogen (secondary N) is 2. The summed E-state index contributed by atoms with van der Waals surface area (Å²) in [5.74, 6) is -0.689. The molecule has 0 aliphatic heterocycles. The predicted octanol–water partition coefficient (Wildman–Crippen LogP) is 2.92. The molecule has 0 bridgehead atoms. The van der Waals surface area contributed by atoms with Crippen molar-refractivity contribution in [1.29, 1.82) is 0 Å². The third-order valence-corrected chi connectivity index (χ3v) is 2.95. The molecule has 1 amide bonds. The van der Waals surface area contributed by atoms with Crippen LogP contribution >= 0.6 is 0 Å². The lowest BCUT2D eigenvalue weighted by molar-refractivity contribution is 0.102. The first-order chi connectivity index (χ1) is 10.7. The molecule has 1 aromatic carbocycles. The summed E-state index contributed by atoms with van der Waals surface area (Å²) in [7, 11) is 1.66. The Balaban J connectivity index is 1.96. The summed E-state index contributed by atoms with van der Waals surface area (Å²) in [6, 6.07) is 9.04. The topological polar surface area (TPSA) is 63.2 Å². The number of benzene rings is 1. The van der Waals surface area contributed by atoms with Crippen LogP contribution in [0, 0.1) is 5.82 Å². The lowest BCUT2D eigenvalue weighted by Crippen LogP contribution is -2.14. The van der Waals surface area contributed by atoms with Crippen LogP contribution in [-0.4, -0.2) is 31.2 Å². The van der Waals surface area contributed by atoms with Crippen LogP contribution in [0.1, 0.15) is 16.9 Å². The van der Waals surface area contributed by atoms with Crippen LogP contribution in [0.4, 0.5) is 15.8 Å². The van der Waals surface area contributed by atoms with Gasteiger partial charge in [0.05, 0.1) is 0 Å². The summed E-state index contributed by atoms with van der Waals surface area (Å²) in [5.41, 5.74) is 1.63. The van der Waals surface area contributed by atoms with E-state index in [0.29, 0.717) is 18.0 Å². The summed E-state index contributed by atoms with van der Waals surface area (Å²) in [6.45, 7) is 1.42. The molecule has 5 nitrogen and oxygen atoms in total. The zero-order chi connectivity index (χ0) is 15.8. The average Bonchev–Trinajstić information content (AvgIpc) is 2.54. The zero-order valence-electron chi connectivity index (χ0n) is 12.3. The summed E-state index contributed by atoms with van der Waals surface area (Å²) in [5, 5.41) is 5.87. The molecule has 0 spiro atoms. The van der Waals surface area contributed by atoms with Crippen molar-refractivity contribution < 1.29 is 13.9 Å². The Morgan fingerprint density at radius 1 is 1.23 bits per heavy atom. The van der Waals surface area contributed by atoms with E-state index in [0.717, 1.165) is 18.7 Å². The number of methoxy groups -OCH3 is 1. The molecule has 22 heavy (non-hydrogen) atoms. The van der Waals surface area contributed by atoms with Crippen molar-refractivity contribution in [2.45, 2.75) is 6.42 Å². The highest BCUT2D eigenvalue weighted by Gasteiger charge is 2.08. The number of anilines is 2. The first kappa shape index (κ1) is 15.9. The molecule has 0 saturated carbocycles. The minimum atomic E-state index is -0.349. The molecule has 0 fully saturated rings. The van der Waals surface area contributed by atoms with Gasteiger partial charge in [-0.05, 0) is 42.8 Å². The van der Waals surface area contributed by atoms with Gasteiger partial charge in [0.2, 0.25) is 0 Å². The van der Waals surface area contributed by atoms with E-state index in [1.165, 1.54) is 24.3 Å². The van der Waals surface area contributed by atoms with Gasteiger partial charge in [-0.2, -0.15) is 0 Å². The van der Waals surface area contributed by atoms with Crippen LogP contribution < -0.4 is 10.6 Å². The number of carbonyl (C=O) groups is 1. The lowest BCUT2D eigenvalue weighted by atomic mass is 10.2. The van der Waals surface area contributed by atoms with Crippen LogP contribution in [0.2, 0.25) is 0 Å². The SMILES string of the molecule is COCCCNc1ccnc(C(=O)Nc2ccc(F)cc2)c1. The number of hydrogen-bond acceptors (Lipinski definition) is 4. The maximum absolute atomic E-state index is 12.8. The van der Waals surface area contributed by atoms with E-state index in [1.807, 2.05) is 0 Å². The van der Waals surface area contributed by atoms with Gasteiger partial charge in [0, 0.05) is 37.8 Å². The van der Waals surface area contributed by atoms with Crippen LogP contribution in [0.5, 0.6) is 0 Å². The monoisotopic (exact) mass is 303 g/mol. The first-order valence-electron chi connectivity index (χ1n) is 6.95. The molecule has 0 aliphatic carbocycles. The van der Waals surface area contributed by atoms with Crippen LogP contribution in [0.15, 0.2) is 42.6 Å². The quantitative estimate of drug-likeness (QED) is 0.772. The van der Waals surface area contributed by atoms with E-state index in [2.05, 4.69) is 15.6 Å². The van der Waals surface area contributed by atoms with Gasteiger partial charge in [-0.1, -0.05) is 0 Å². The van der Waals surface area contributed by atoms with Gasteiger partial charge in [-0.25, -0.2) is 4.39 Å². The van der Waals surface area contributed by atoms with Gasteiger partial charge >= 0.3 is 0 Å². The Bertz CT molecular complexity index is 617. The Labute approximate surface area is 128 Å². The Kier molecular flexibility index (Phi) is 5.85. The molecule has 0 saturated heterocycles. The number of halogens is 1. The maximum atomic E-state index is 12.8. The number of nitrogens with zero attached hydrogens (tertiary/aromatic N) is 1. The van der Waals surface area contributed by atoms with Crippen molar-refractivity contribution in [1.82, 2.24) is 4.98 Å². The van der Waals surface area contributed by atoms with Crippen molar-refractivity contribution in [3.8, 4) is 0 Å². The summed E-state index contributed by atoms with van der Waals surface area (Å²) in [6.07, 6.45) is 2.44. The molecule has 116 valence electrons. The van der Waals surface area contributed by atoms with Crippen LogP contribution in [-0.2, 0) is 4.74 Å². The van der Waals surface area contributed by atoms with Gasteiger partial charge in [-0.3, -0.25) is 9.78 Å². The van der Waals surface area contributed by atoms with E-state index in [9.17, 15) is 9.18 Å². The molecular formula is C16H18FN3O2. The van der Waals surface area contributed by atoms with Crippen molar-refractivity contribution in [3.05, 3.63) is 54.1 Å². The smallest absolute Gasteiger partial charge is 0.274 e. The highest BCUT2D eigenvalue weighted by atomic mass is 19.1. The molecule has 0 unspecified atom stereocenters. The molecule has 2 rings (SSSR count). The summed E-state index contributed by atoms with van der Waals surface area (Å²) < 4.78 is 17.8. The Morgan fingerprint density at radius 2 is 2.00 bits per heavy atom. The van der Waals surface area contributed by atoms with Gasteiger partial charge in [0.1, 0.15) is 11.5 Å². The molecule has 1 heterocycles. The normalized spacial score (nSPS) is 10.3. The number of amides is 1. The van der Waals surface area contributed by atoms with E-state index in [4.69, 9.17) is 4.74 Å². The molecule has 2 aromatic rings.